The van der Waals surface area contributed by atoms with Gasteiger partial charge < -0.3 is 9.42 Å². The second kappa shape index (κ2) is 8.52. The molecule has 1 N–H and O–H groups in total. The molecule has 0 radical (unpaired) electrons. The number of aromatic nitrogens is 1. The third-order valence-electron chi connectivity index (χ3n) is 5.26. The summed E-state index contributed by atoms with van der Waals surface area (Å²) < 4.78 is 46.4. The lowest BCUT2D eigenvalue weighted by molar-refractivity contribution is 0.326. The Morgan fingerprint density at radius 2 is 2.17 bits per heavy atom. The lowest BCUT2D eigenvalue weighted by Gasteiger charge is -2.16. The SMILES string of the molecule is N#Cc1cccc(S(=O)(=O)NC2CCN(CCCc3noc4cc(F)ccc34)C2)c1. The highest BCUT2D eigenvalue weighted by Gasteiger charge is 2.27. The summed E-state index contributed by atoms with van der Waals surface area (Å²) in [7, 11) is -3.66. The number of halogens is 1. The fourth-order valence-corrected chi connectivity index (χ4v) is 5.07. The van der Waals surface area contributed by atoms with Crippen molar-refractivity contribution in [3.63, 3.8) is 0 Å². The van der Waals surface area contributed by atoms with E-state index in [-0.39, 0.29) is 16.8 Å². The fourth-order valence-electron chi connectivity index (χ4n) is 3.77. The maximum atomic E-state index is 13.2. The van der Waals surface area contributed by atoms with Gasteiger partial charge in [0.05, 0.1) is 22.2 Å². The van der Waals surface area contributed by atoms with Gasteiger partial charge in [-0.2, -0.15) is 5.26 Å². The van der Waals surface area contributed by atoms with E-state index >= 15 is 0 Å². The maximum Gasteiger partial charge on any atom is 0.240 e. The molecule has 1 fully saturated rings. The minimum atomic E-state index is -3.66. The van der Waals surface area contributed by atoms with Gasteiger partial charge in [0, 0.05) is 24.0 Å². The first-order valence-electron chi connectivity index (χ1n) is 9.73. The second-order valence-corrected chi connectivity index (χ2v) is 9.13. The van der Waals surface area contributed by atoms with Crippen molar-refractivity contribution in [3.05, 3.63) is 59.5 Å². The molecule has 1 saturated heterocycles. The molecule has 0 aliphatic carbocycles. The molecule has 156 valence electrons. The number of benzene rings is 2. The highest BCUT2D eigenvalue weighted by molar-refractivity contribution is 7.89. The molecule has 0 saturated carbocycles. The van der Waals surface area contributed by atoms with E-state index < -0.39 is 10.0 Å². The van der Waals surface area contributed by atoms with Crippen LogP contribution >= 0.6 is 0 Å². The predicted molar refractivity (Wildman–Crippen MR) is 109 cm³/mol. The number of nitrogens with one attached hydrogen (secondary N) is 1. The van der Waals surface area contributed by atoms with Crippen molar-refractivity contribution >= 4 is 21.0 Å². The second-order valence-electron chi connectivity index (χ2n) is 7.42. The van der Waals surface area contributed by atoms with E-state index in [0.29, 0.717) is 24.1 Å². The zero-order chi connectivity index (χ0) is 21.1. The molecule has 9 heteroatoms. The van der Waals surface area contributed by atoms with Gasteiger partial charge in [0.2, 0.25) is 10.0 Å². The van der Waals surface area contributed by atoms with Gasteiger partial charge in [-0.1, -0.05) is 11.2 Å². The van der Waals surface area contributed by atoms with Crippen LogP contribution in [0, 0.1) is 17.1 Å². The summed E-state index contributed by atoms with van der Waals surface area (Å²) in [6, 6.07) is 12.2. The van der Waals surface area contributed by atoms with Crippen molar-refractivity contribution in [2.75, 3.05) is 19.6 Å². The van der Waals surface area contributed by atoms with Gasteiger partial charge in [0.1, 0.15) is 5.82 Å². The summed E-state index contributed by atoms with van der Waals surface area (Å²) in [4.78, 5) is 2.32. The molecule has 2 aromatic carbocycles. The first kappa shape index (κ1) is 20.5. The topological polar surface area (TPSA) is 99.2 Å². The summed E-state index contributed by atoms with van der Waals surface area (Å²) >= 11 is 0. The van der Waals surface area contributed by atoms with E-state index in [2.05, 4.69) is 14.8 Å². The third-order valence-corrected chi connectivity index (χ3v) is 6.78. The van der Waals surface area contributed by atoms with Crippen LogP contribution in [0.15, 0.2) is 51.9 Å². The van der Waals surface area contributed by atoms with E-state index in [1.54, 1.807) is 18.2 Å². The van der Waals surface area contributed by atoms with Crippen molar-refractivity contribution < 1.29 is 17.3 Å². The Morgan fingerprint density at radius 3 is 3.00 bits per heavy atom. The monoisotopic (exact) mass is 428 g/mol. The molecule has 1 aliphatic rings. The highest BCUT2D eigenvalue weighted by atomic mass is 32.2. The molecule has 30 heavy (non-hydrogen) atoms. The summed E-state index contributed by atoms with van der Waals surface area (Å²) in [6.45, 7) is 2.23. The van der Waals surface area contributed by atoms with Crippen molar-refractivity contribution in [3.8, 4) is 6.07 Å². The number of nitriles is 1. The Kier molecular flexibility index (Phi) is 5.81. The zero-order valence-electron chi connectivity index (χ0n) is 16.2. The molecule has 1 atom stereocenters. The van der Waals surface area contributed by atoms with Gasteiger partial charge in [-0.3, -0.25) is 0 Å². The molecule has 0 amide bonds. The molecule has 3 aromatic rings. The molecule has 0 bridgehead atoms. The van der Waals surface area contributed by atoms with Gasteiger partial charge >= 0.3 is 0 Å². The number of hydrogen-bond acceptors (Lipinski definition) is 6. The van der Waals surface area contributed by atoms with Gasteiger partial charge in [0.25, 0.3) is 0 Å². The minimum Gasteiger partial charge on any atom is -0.356 e. The third kappa shape index (κ3) is 4.51. The fraction of sp³-hybridized carbons (Fsp3) is 0.333. The van der Waals surface area contributed by atoms with E-state index in [1.807, 2.05) is 6.07 Å². The molecule has 7 nitrogen and oxygen atoms in total. The standard InChI is InChI=1S/C21H21FN4O3S/c22-16-6-7-19-20(24-29-21(19)12-16)5-2-9-26-10-8-17(14-26)25-30(27,28)18-4-1-3-15(11-18)13-23/h1,3-4,6-7,11-12,17,25H,2,5,8-10,14H2. The summed E-state index contributed by atoms with van der Waals surface area (Å²) in [6.07, 6.45) is 2.26. The van der Waals surface area contributed by atoms with E-state index in [9.17, 15) is 12.8 Å². The predicted octanol–water partition coefficient (Wildman–Crippen LogP) is 2.82. The van der Waals surface area contributed by atoms with Crippen molar-refractivity contribution in [1.82, 2.24) is 14.8 Å². The van der Waals surface area contributed by atoms with Crippen LogP contribution in [0.25, 0.3) is 11.0 Å². The minimum absolute atomic E-state index is 0.106. The van der Waals surface area contributed by atoms with Crippen LogP contribution in [0.3, 0.4) is 0 Å². The lowest BCUT2D eigenvalue weighted by Crippen LogP contribution is -2.37. The molecule has 0 spiro atoms. The summed E-state index contributed by atoms with van der Waals surface area (Å²) in [5.41, 5.74) is 1.56. The molecule has 1 aromatic heterocycles. The quantitative estimate of drug-likeness (QED) is 0.621. The van der Waals surface area contributed by atoms with Crippen molar-refractivity contribution in [2.45, 2.75) is 30.2 Å². The average Bonchev–Trinajstić information content (AvgIpc) is 3.34. The van der Waals surface area contributed by atoms with Crippen LogP contribution < -0.4 is 4.72 Å². The Labute approximate surface area is 174 Å². The number of hydrogen-bond donors (Lipinski definition) is 1. The van der Waals surface area contributed by atoms with Crippen molar-refractivity contribution in [1.29, 1.82) is 5.26 Å². The van der Waals surface area contributed by atoms with Crippen LogP contribution in [0.5, 0.6) is 0 Å². The van der Waals surface area contributed by atoms with Crippen LogP contribution in [0.1, 0.15) is 24.1 Å². The van der Waals surface area contributed by atoms with Gasteiger partial charge in [-0.15, -0.1) is 0 Å². The summed E-state index contributed by atoms with van der Waals surface area (Å²) in [5.74, 6) is -0.352. The first-order valence-corrected chi connectivity index (χ1v) is 11.2. The largest absolute Gasteiger partial charge is 0.356 e. The van der Waals surface area contributed by atoms with Crippen LogP contribution in [0.2, 0.25) is 0 Å². The number of likely N-dealkylation sites (tertiary alicyclic amines) is 1. The Balaban J connectivity index is 1.29. The highest BCUT2D eigenvalue weighted by Crippen LogP contribution is 2.21. The van der Waals surface area contributed by atoms with E-state index in [1.165, 1.54) is 24.3 Å². The molecule has 4 rings (SSSR count). The molecular weight excluding hydrogens is 407 g/mol. The number of nitrogens with zero attached hydrogens (tertiary/aromatic N) is 3. The normalized spacial score (nSPS) is 17.4. The van der Waals surface area contributed by atoms with E-state index in [0.717, 1.165) is 37.0 Å². The Bertz CT molecular complexity index is 1200. The number of aryl methyl sites for hydroxylation is 1. The van der Waals surface area contributed by atoms with E-state index in [4.69, 9.17) is 9.78 Å². The molecular formula is C21H21FN4O3S. The van der Waals surface area contributed by atoms with Crippen LogP contribution in [0.4, 0.5) is 4.39 Å². The van der Waals surface area contributed by atoms with Crippen LogP contribution in [-0.2, 0) is 16.4 Å². The first-order chi connectivity index (χ1) is 14.4. The number of sulfonamides is 1. The number of rotatable bonds is 7. The Hall–Kier alpha value is -2.80. The maximum absolute atomic E-state index is 13.2. The number of fused-ring (bicyclic) bond motifs is 1. The smallest absolute Gasteiger partial charge is 0.240 e. The molecule has 2 heterocycles. The molecule has 1 aliphatic heterocycles. The Morgan fingerprint density at radius 1 is 1.30 bits per heavy atom. The zero-order valence-corrected chi connectivity index (χ0v) is 17.0. The van der Waals surface area contributed by atoms with Crippen LogP contribution in [-0.4, -0.2) is 44.2 Å². The van der Waals surface area contributed by atoms with Crippen molar-refractivity contribution in [2.24, 2.45) is 0 Å². The summed E-state index contributed by atoms with van der Waals surface area (Å²) in [5, 5.41) is 13.8. The van der Waals surface area contributed by atoms with Gasteiger partial charge in [-0.25, -0.2) is 17.5 Å². The van der Waals surface area contributed by atoms with Gasteiger partial charge in [0.15, 0.2) is 5.58 Å². The molecule has 1 unspecified atom stereocenters. The lowest BCUT2D eigenvalue weighted by atomic mass is 10.1. The van der Waals surface area contributed by atoms with Gasteiger partial charge in [-0.05, 0) is 62.7 Å². The average molecular weight is 428 g/mol.